The third kappa shape index (κ3) is 7.64. The molecule has 0 radical (unpaired) electrons. The van der Waals surface area contributed by atoms with Crippen molar-refractivity contribution in [3.63, 3.8) is 0 Å². The number of hydrogen-bond acceptors (Lipinski definition) is 7. The molecule has 4 rings (SSSR count). The predicted octanol–water partition coefficient (Wildman–Crippen LogP) is 2.24. The van der Waals surface area contributed by atoms with E-state index in [0.29, 0.717) is 54.3 Å². The summed E-state index contributed by atoms with van der Waals surface area (Å²) in [6, 6.07) is 17.5. The Labute approximate surface area is 232 Å². The topological polar surface area (TPSA) is 195 Å². The summed E-state index contributed by atoms with van der Waals surface area (Å²) in [4.78, 5) is 14.3. The van der Waals surface area contributed by atoms with Crippen molar-refractivity contribution in [1.29, 1.82) is 5.41 Å². The van der Waals surface area contributed by atoms with Crippen molar-refractivity contribution in [2.75, 3.05) is 23.7 Å². The van der Waals surface area contributed by atoms with E-state index in [1.807, 2.05) is 4.90 Å². The van der Waals surface area contributed by atoms with E-state index in [1.165, 1.54) is 48.5 Å². The fourth-order valence-corrected chi connectivity index (χ4v) is 5.62. The Morgan fingerprint density at radius 2 is 1.50 bits per heavy atom. The molecule has 1 fully saturated rings. The minimum Gasteiger partial charge on any atom is -0.393 e. The number of primary sulfonamides is 1. The van der Waals surface area contributed by atoms with Gasteiger partial charge in [-0.3, -0.25) is 5.41 Å². The van der Waals surface area contributed by atoms with Crippen LogP contribution in [0.3, 0.4) is 0 Å². The molecule has 3 aromatic rings. The number of anilines is 2. The number of rotatable bonds is 8. The van der Waals surface area contributed by atoms with Crippen LogP contribution in [0.4, 0.5) is 16.2 Å². The molecule has 0 saturated carbocycles. The maximum atomic E-state index is 12.7. The average molecular weight is 587 g/mol. The maximum absolute atomic E-state index is 12.7. The molecule has 0 unspecified atom stereocenters. The molecule has 0 bridgehead atoms. The molecular formula is C26H30N6O6S2. The molecule has 1 heterocycles. The lowest BCUT2D eigenvalue weighted by Gasteiger charge is -2.31. The van der Waals surface area contributed by atoms with Crippen molar-refractivity contribution in [2.24, 2.45) is 5.14 Å². The lowest BCUT2D eigenvalue weighted by atomic mass is 10.1. The number of carbonyl (C=O) groups excluding carboxylic acids is 1. The molecule has 1 aliphatic rings. The first-order valence-electron chi connectivity index (χ1n) is 12.3. The highest BCUT2D eigenvalue weighted by molar-refractivity contribution is 7.89. The second-order valence-electron chi connectivity index (χ2n) is 9.26. The van der Waals surface area contributed by atoms with Crippen molar-refractivity contribution in [2.45, 2.75) is 35.3 Å². The Hall–Kier alpha value is -3.82. The predicted molar refractivity (Wildman–Crippen MR) is 151 cm³/mol. The molecule has 1 saturated heterocycles. The number of nitrogens with one attached hydrogen (secondary N) is 4. The van der Waals surface area contributed by atoms with Crippen LogP contribution in [-0.4, -0.2) is 57.9 Å². The highest BCUT2D eigenvalue weighted by Gasteiger charge is 2.20. The number of nitrogens with zero attached hydrogens (tertiary/aromatic N) is 1. The SMILES string of the molecule is N=C(c1cccc(NC(=O)Nc2ccc(S(=O)(=O)NCc3ccc(S(N)(=O)=O)cc3)cc2)c1)N1CCC(O)CC1. The number of sulfonamides is 2. The van der Waals surface area contributed by atoms with Gasteiger partial charge >= 0.3 is 6.03 Å². The summed E-state index contributed by atoms with van der Waals surface area (Å²) in [5.74, 6) is 0.321. The summed E-state index contributed by atoms with van der Waals surface area (Å²) in [6.45, 7) is 1.12. The lowest BCUT2D eigenvalue weighted by molar-refractivity contribution is 0.109. The number of aliphatic hydroxyl groups is 1. The molecular weight excluding hydrogens is 556 g/mol. The van der Waals surface area contributed by atoms with Crippen LogP contribution in [0.25, 0.3) is 0 Å². The van der Waals surface area contributed by atoms with E-state index in [1.54, 1.807) is 24.3 Å². The van der Waals surface area contributed by atoms with E-state index < -0.39 is 26.1 Å². The molecule has 0 atom stereocenters. The van der Waals surface area contributed by atoms with Crippen molar-refractivity contribution >= 4 is 43.3 Å². The normalized spacial score (nSPS) is 14.5. The number of aliphatic hydroxyl groups excluding tert-OH is 1. The number of carbonyl (C=O) groups is 1. The summed E-state index contributed by atoms with van der Waals surface area (Å²) in [5, 5.41) is 28.6. The van der Waals surface area contributed by atoms with Gasteiger partial charge in [-0.25, -0.2) is 31.5 Å². The van der Waals surface area contributed by atoms with Gasteiger partial charge in [0.15, 0.2) is 0 Å². The highest BCUT2D eigenvalue weighted by Crippen LogP contribution is 2.19. The van der Waals surface area contributed by atoms with Crippen LogP contribution in [0.15, 0.2) is 82.6 Å². The zero-order valence-corrected chi connectivity index (χ0v) is 23.0. The molecule has 0 aromatic heterocycles. The van der Waals surface area contributed by atoms with Gasteiger partial charge in [0, 0.05) is 36.6 Å². The minimum absolute atomic E-state index is 0.0175. The van der Waals surface area contributed by atoms with E-state index in [2.05, 4.69) is 15.4 Å². The van der Waals surface area contributed by atoms with Crippen LogP contribution >= 0.6 is 0 Å². The molecule has 40 heavy (non-hydrogen) atoms. The fourth-order valence-electron chi connectivity index (χ4n) is 4.09. The molecule has 212 valence electrons. The molecule has 0 spiro atoms. The largest absolute Gasteiger partial charge is 0.393 e. The van der Waals surface area contributed by atoms with Gasteiger partial charge in [0.25, 0.3) is 0 Å². The molecule has 12 nitrogen and oxygen atoms in total. The molecule has 14 heteroatoms. The smallest absolute Gasteiger partial charge is 0.323 e. The molecule has 2 amide bonds. The Kier molecular flexibility index (Phi) is 8.85. The van der Waals surface area contributed by atoms with Crippen LogP contribution in [0.5, 0.6) is 0 Å². The van der Waals surface area contributed by atoms with Crippen LogP contribution in [-0.2, 0) is 26.6 Å². The van der Waals surface area contributed by atoms with Gasteiger partial charge in [-0.15, -0.1) is 0 Å². The third-order valence-electron chi connectivity index (χ3n) is 6.32. The monoisotopic (exact) mass is 586 g/mol. The van der Waals surface area contributed by atoms with E-state index in [-0.39, 0.29) is 22.4 Å². The standard InChI is InChI=1S/C26H30N6O6S2/c27-25(32-14-12-22(33)13-15-32)19-2-1-3-21(16-19)31-26(34)30-20-6-10-24(11-7-20)40(37,38)29-17-18-4-8-23(9-5-18)39(28,35)36/h1-11,16,22,27,29,33H,12-15,17H2,(H2,28,35,36)(H2,30,31,34). The first kappa shape index (κ1) is 29.2. The number of urea groups is 1. The van der Waals surface area contributed by atoms with E-state index in [9.17, 15) is 26.7 Å². The zero-order chi connectivity index (χ0) is 28.9. The summed E-state index contributed by atoms with van der Waals surface area (Å²) in [7, 11) is -7.71. The van der Waals surface area contributed by atoms with Crippen molar-refractivity contribution in [1.82, 2.24) is 9.62 Å². The third-order valence-corrected chi connectivity index (χ3v) is 8.66. The van der Waals surface area contributed by atoms with E-state index in [0.717, 1.165) is 0 Å². The van der Waals surface area contributed by atoms with E-state index >= 15 is 0 Å². The minimum atomic E-state index is -3.88. The van der Waals surface area contributed by atoms with Crippen LogP contribution in [0.1, 0.15) is 24.0 Å². The average Bonchev–Trinajstić information content (AvgIpc) is 2.92. The van der Waals surface area contributed by atoms with Crippen molar-refractivity contribution < 1.29 is 26.7 Å². The second kappa shape index (κ2) is 12.1. The van der Waals surface area contributed by atoms with Gasteiger partial charge in [0.05, 0.1) is 15.9 Å². The van der Waals surface area contributed by atoms with E-state index in [4.69, 9.17) is 10.5 Å². The second-order valence-corrected chi connectivity index (χ2v) is 12.6. The van der Waals surface area contributed by atoms with Crippen molar-refractivity contribution in [3.8, 4) is 0 Å². The maximum Gasteiger partial charge on any atom is 0.323 e. The van der Waals surface area contributed by atoms with Crippen LogP contribution in [0.2, 0.25) is 0 Å². The summed E-state index contributed by atoms with van der Waals surface area (Å²) in [5.41, 5.74) is 2.03. The Bertz CT molecular complexity index is 1590. The fraction of sp³-hybridized carbons (Fsp3) is 0.231. The number of amides is 2. The first-order chi connectivity index (χ1) is 18.9. The highest BCUT2D eigenvalue weighted by atomic mass is 32.2. The summed E-state index contributed by atoms with van der Waals surface area (Å²) < 4.78 is 50.5. The summed E-state index contributed by atoms with van der Waals surface area (Å²) in [6.07, 6.45) is 0.877. The molecule has 7 N–H and O–H groups in total. The van der Waals surface area contributed by atoms with Gasteiger partial charge in [-0.05, 0) is 66.9 Å². The summed E-state index contributed by atoms with van der Waals surface area (Å²) >= 11 is 0. The van der Waals surface area contributed by atoms with Gasteiger partial charge in [-0.1, -0.05) is 24.3 Å². The number of nitrogens with two attached hydrogens (primary N) is 1. The number of hydrogen-bond donors (Lipinski definition) is 6. The van der Waals surface area contributed by atoms with Gasteiger partial charge < -0.3 is 20.6 Å². The number of likely N-dealkylation sites (tertiary alicyclic amines) is 1. The molecule has 1 aliphatic heterocycles. The Morgan fingerprint density at radius 1 is 0.900 bits per heavy atom. The first-order valence-corrected chi connectivity index (χ1v) is 15.4. The van der Waals surface area contributed by atoms with Crippen molar-refractivity contribution in [3.05, 3.63) is 83.9 Å². The number of benzene rings is 3. The number of amidine groups is 1. The molecule has 0 aliphatic carbocycles. The zero-order valence-electron chi connectivity index (χ0n) is 21.4. The van der Waals surface area contributed by atoms with Gasteiger partial charge in [0.1, 0.15) is 5.84 Å². The van der Waals surface area contributed by atoms with Crippen LogP contribution in [0, 0.1) is 5.41 Å². The van der Waals surface area contributed by atoms with Crippen LogP contribution < -0.4 is 20.5 Å². The Balaban J connectivity index is 1.32. The number of piperidine rings is 1. The van der Waals surface area contributed by atoms with Gasteiger partial charge in [-0.2, -0.15) is 0 Å². The Morgan fingerprint density at radius 3 is 2.12 bits per heavy atom. The molecule has 3 aromatic carbocycles. The quantitative estimate of drug-likeness (QED) is 0.172. The van der Waals surface area contributed by atoms with Gasteiger partial charge in [0.2, 0.25) is 20.0 Å². The lowest BCUT2D eigenvalue weighted by Crippen LogP contribution is -2.40.